The third kappa shape index (κ3) is 4.04. The van der Waals surface area contributed by atoms with Crippen molar-refractivity contribution in [1.29, 1.82) is 0 Å². The van der Waals surface area contributed by atoms with Gasteiger partial charge in [0.25, 0.3) is 0 Å². The molecule has 0 atom stereocenters. The van der Waals surface area contributed by atoms with Gasteiger partial charge in [-0.2, -0.15) is 0 Å². The van der Waals surface area contributed by atoms with Gasteiger partial charge < -0.3 is 14.5 Å². The van der Waals surface area contributed by atoms with Crippen LogP contribution in [0.4, 0.5) is 5.82 Å². The summed E-state index contributed by atoms with van der Waals surface area (Å²) < 4.78 is 12.0. The lowest BCUT2D eigenvalue weighted by molar-refractivity contribution is -0.111. The number of hydrogen-bond acceptors (Lipinski definition) is 4. The summed E-state index contributed by atoms with van der Waals surface area (Å²) in [7, 11) is 0. The molecule has 4 rings (SSSR count). The number of benzene rings is 1. The van der Waals surface area contributed by atoms with Crippen LogP contribution in [0.1, 0.15) is 49.3 Å². The molecular weight excluding hydrogens is 364 g/mol. The molecule has 5 heteroatoms. The number of nitrogens with one attached hydrogen (secondary N) is 1. The molecule has 0 bridgehead atoms. The molecule has 0 saturated heterocycles. The number of amides is 1. The number of nitrogens with zero attached hydrogens (tertiary/aromatic N) is 1. The molecule has 0 saturated carbocycles. The van der Waals surface area contributed by atoms with Crippen molar-refractivity contribution in [1.82, 2.24) is 4.98 Å². The zero-order chi connectivity index (χ0) is 20.4. The Kier molecular flexibility index (Phi) is 5.38. The third-order valence-corrected chi connectivity index (χ3v) is 5.27. The molecule has 0 radical (unpaired) electrons. The second-order valence-corrected chi connectivity index (χ2v) is 7.47. The fourth-order valence-electron chi connectivity index (χ4n) is 3.92. The van der Waals surface area contributed by atoms with Crippen molar-refractivity contribution in [3.63, 3.8) is 0 Å². The lowest BCUT2D eigenvalue weighted by Crippen LogP contribution is -2.10. The maximum atomic E-state index is 12.5. The molecule has 0 aliphatic heterocycles. The van der Waals surface area contributed by atoms with E-state index < -0.39 is 0 Å². The highest BCUT2D eigenvalue weighted by molar-refractivity contribution is 6.04. The Morgan fingerprint density at radius 3 is 2.90 bits per heavy atom. The van der Waals surface area contributed by atoms with Gasteiger partial charge in [0, 0.05) is 40.8 Å². The van der Waals surface area contributed by atoms with Gasteiger partial charge in [-0.3, -0.25) is 4.79 Å². The number of hydrogen-bond donors (Lipinski definition) is 1. The molecule has 1 aliphatic rings. The molecule has 1 aromatic carbocycles. The number of fused-ring (bicyclic) bond motifs is 3. The molecular formula is C24H26N2O3. The molecule has 1 N–H and O–H groups in total. The first-order valence-corrected chi connectivity index (χ1v) is 10.2. The minimum absolute atomic E-state index is 0.211. The average molecular weight is 390 g/mol. The lowest BCUT2D eigenvalue weighted by Gasteiger charge is -2.12. The largest absolute Gasteiger partial charge is 0.493 e. The van der Waals surface area contributed by atoms with Gasteiger partial charge in [-0.05, 0) is 63.8 Å². The van der Waals surface area contributed by atoms with Crippen LogP contribution in [0.3, 0.4) is 0 Å². The predicted molar refractivity (Wildman–Crippen MR) is 115 cm³/mol. The SMILES string of the molecule is CCOc1cc2oc3c(c2cc1/C(C)=C/C(=O)Nc1cccc(C)n1)CCCC3. The van der Waals surface area contributed by atoms with Gasteiger partial charge >= 0.3 is 0 Å². The first kappa shape index (κ1) is 19.2. The van der Waals surface area contributed by atoms with Crippen LogP contribution in [0, 0.1) is 6.92 Å². The normalized spacial score (nSPS) is 14.0. The molecule has 0 unspecified atom stereocenters. The Morgan fingerprint density at radius 1 is 1.28 bits per heavy atom. The van der Waals surface area contributed by atoms with E-state index in [0.29, 0.717) is 12.4 Å². The molecule has 3 aromatic rings. The summed E-state index contributed by atoms with van der Waals surface area (Å²) in [4.78, 5) is 16.9. The number of carbonyl (C=O) groups is 1. The van der Waals surface area contributed by atoms with E-state index in [1.807, 2.05) is 39.0 Å². The average Bonchev–Trinajstić information content (AvgIpc) is 3.05. The van der Waals surface area contributed by atoms with Gasteiger partial charge in [0.15, 0.2) is 0 Å². The van der Waals surface area contributed by atoms with Crippen molar-refractivity contribution in [2.24, 2.45) is 0 Å². The van der Waals surface area contributed by atoms with Gasteiger partial charge in [0.1, 0.15) is 22.9 Å². The van der Waals surface area contributed by atoms with E-state index >= 15 is 0 Å². The van der Waals surface area contributed by atoms with Crippen molar-refractivity contribution in [3.05, 3.63) is 59.0 Å². The summed E-state index contributed by atoms with van der Waals surface area (Å²) in [5.74, 6) is 2.16. The van der Waals surface area contributed by atoms with Crippen LogP contribution in [0.2, 0.25) is 0 Å². The number of aromatic nitrogens is 1. The second-order valence-electron chi connectivity index (χ2n) is 7.47. The second kappa shape index (κ2) is 8.11. The number of rotatable bonds is 5. The van der Waals surface area contributed by atoms with Crippen LogP contribution < -0.4 is 10.1 Å². The Hall–Kier alpha value is -3.08. The Balaban J connectivity index is 1.69. The topological polar surface area (TPSA) is 64.4 Å². The van der Waals surface area contributed by atoms with Gasteiger partial charge in [-0.15, -0.1) is 0 Å². The Bertz CT molecular complexity index is 1090. The molecule has 1 amide bonds. The van der Waals surface area contributed by atoms with E-state index in [4.69, 9.17) is 9.15 Å². The van der Waals surface area contributed by atoms with Crippen LogP contribution in [0.25, 0.3) is 16.5 Å². The number of aryl methyl sites for hydroxylation is 3. The maximum Gasteiger partial charge on any atom is 0.249 e. The number of furan rings is 1. The molecule has 5 nitrogen and oxygen atoms in total. The minimum atomic E-state index is -0.211. The first-order valence-electron chi connectivity index (χ1n) is 10.2. The molecule has 2 aromatic heterocycles. The van der Waals surface area contributed by atoms with Crippen molar-refractivity contribution < 1.29 is 13.9 Å². The molecule has 0 fully saturated rings. The van der Waals surface area contributed by atoms with E-state index in [1.54, 1.807) is 12.1 Å². The highest BCUT2D eigenvalue weighted by Gasteiger charge is 2.20. The summed E-state index contributed by atoms with van der Waals surface area (Å²) >= 11 is 0. The van der Waals surface area contributed by atoms with Crippen molar-refractivity contribution in [2.45, 2.75) is 46.5 Å². The number of anilines is 1. The fourth-order valence-corrected chi connectivity index (χ4v) is 3.92. The smallest absolute Gasteiger partial charge is 0.249 e. The molecule has 0 spiro atoms. The van der Waals surface area contributed by atoms with Crippen molar-refractivity contribution in [2.75, 3.05) is 11.9 Å². The van der Waals surface area contributed by atoms with Gasteiger partial charge in [0.05, 0.1) is 6.61 Å². The van der Waals surface area contributed by atoms with Gasteiger partial charge in [-0.1, -0.05) is 6.07 Å². The minimum Gasteiger partial charge on any atom is -0.493 e. The number of allylic oxidation sites excluding steroid dienone is 1. The van der Waals surface area contributed by atoms with E-state index in [1.165, 1.54) is 18.4 Å². The van der Waals surface area contributed by atoms with Crippen molar-refractivity contribution in [3.8, 4) is 5.75 Å². The third-order valence-electron chi connectivity index (χ3n) is 5.27. The molecule has 29 heavy (non-hydrogen) atoms. The van der Waals surface area contributed by atoms with Crippen LogP contribution in [0.15, 0.2) is 40.8 Å². The summed E-state index contributed by atoms with van der Waals surface area (Å²) in [6, 6.07) is 9.62. The van der Waals surface area contributed by atoms with Crippen LogP contribution in [0.5, 0.6) is 5.75 Å². The van der Waals surface area contributed by atoms with E-state index in [0.717, 1.165) is 52.2 Å². The zero-order valence-corrected chi connectivity index (χ0v) is 17.2. The van der Waals surface area contributed by atoms with Crippen LogP contribution in [-0.4, -0.2) is 17.5 Å². The zero-order valence-electron chi connectivity index (χ0n) is 17.2. The summed E-state index contributed by atoms with van der Waals surface area (Å²) in [5, 5.41) is 3.96. The lowest BCUT2D eigenvalue weighted by atomic mass is 9.94. The fraction of sp³-hybridized carbons (Fsp3) is 0.333. The van der Waals surface area contributed by atoms with Gasteiger partial charge in [-0.25, -0.2) is 4.98 Å². The quantitative estimate of drug-likeness (QED) is 0.588. The molecule has 2 heterocycles. The summed E-state index contributed by atoms with van der Waals surface area (Å²) in [6.45, 7) is 6.33. The van der Waals surface area contributed by atoms with Crippen LogP contribution >= 0.6 is 0 Å². The number of carbonyl (C=O) groups excluding carboxylic acids is 1. The van der Waals surface area contributed by atoms with Crippen molar-refractivity contribution >= 4 is 28.3 Å². The standard InChI is InChI=1S/C24H26N2O3/c1-4-28-21-14-22-19(17-9-5-6-10-20(17)29-22)13-18(21)15(2)12-24(27)26-23-11-7-8-16(3)25-23/h7-8,11-14H,4-6,9-10H2,1-3H3,(H,25,26,27)/b15-12+. The number of ether oxygens (including phenoxy) is 1. The predicted octanol–water partition coefficient (Wildman–Crippen LogP) is 5.46. The molecule has 1 aliphatic carbocycles. The van der Waals surface area contributed by atoms with E-state index in [2.05, 4.69) is 16.4 Å². The molecule has 150 valence electrons. The maximum absolute atomic E-state index is 12.5. The van der Waals surface area contributed by atoms with E-state index in [9.17, 15) is 4.79 Å². The summed E-state index contributed by atoms with van der Waals surface area (Å²) in [5.41, 5.74) is 4.78. The van der Waals surface area contributed by atoms with Gasteiger partial charge in [0.2, 0.25) is 5.91 Å². The number of pyridine rings is 1. The van der Waals surface area contributed by atoms with E-state index in [-0.39, 0.29) is 5.91 Å². The first-order chi connectivity index (χ1) is 14.0. The Labute approximate surface area is 170 Å². The monoisotopic (exact) mass is 390 g/mol. The Morgan fingerprint density at radius 2 is 2.10 bits per heavy atom. The highest BCUT2D eigenvalue weighted by atomic mass is 16.5. The summed E-state index contributed by atoms with van der Waals surface area (Å²) in [6.07, 6.45) is 5.98. The van der Waals surface area contributed by atoms with Crippen LogP contribution in [-0.2, 0) is 17.6 Å². The highest BCUT2D eigenvalue weighted by Crippen LogP contribution is 2.38.